The summed E-state index contributed by atoms with van der Waals surface area (Å²) in [6, 6.07) is 0. The van der Waals surface area contributed by atoms with Crippen LogP contribution in [0, 0.1) is 0 Å². The molecule has 2 N–H and O–H groups in total. The van der Waals surface area contributed by atoms with Crippen molar-refractivity contribution in [3.8, 4) is 0 Å². The van der Waals surface area contributed by atoms with Crippen LogP contribution in [0.25, 0.3) is 0 Å². The Balaban J connectivity index is 2.18. The zero-order valence-corrected chi connectivity index (χ0v) is 10.3. The van der Waals surface area contributed by atoms with Gasteiger partial charge in [0.2, 0.25) is 0 Å². The van der Waals surface area contributed by atoms with Crippen LogP contribution in [-0.4, -0.2) is 16.1 Å². The number of hydrogen-bond donors (Lipinski definition) is 1. The molecule has 0 bridgehead atoms. The van der Waals surface area contributed by atoms with Crippen LogP contribution in [-0.2, 0) is 13.0 Å². The van der Waals surface area contributed by atoms with Crippen molar-refractivity contribution in [2.24, 2.45) is 5.73 Å². The normalized spacial score (nSPS) is 17.9. The summed E-state index contributed by atoms with van der Waals surface area (Å²) in [5.41, 5.74) is 6.94. The Morgan fingerprint density at radius 2 is 2.12 bits per heavy atom. The quantitative estimate of drug-likeness (QED) is 0.848. The zero-order valence-electron chi connectivity index (χ0n) is 10.3. The van der Waals surface area contributed by atoms with Crippen LogP contribution < -0.4 is 5.73 Å². The largest absolute Gasteiger partial charge is 0.332 e. The van der Waals surface area contributed by atoms with E-state index >= 15 is 0 Å². The topological polar surface area (TPSA) is 43.8 Å². The molecule has 1 aliphatic carbocycles. The smallest absolute Gasteiger partial charge is 0.111 e. The second kappa shape index (κ2) is 5.48. The van der Waals surface area contributed by atoms with Gasteiger partial charge in [-0.3, -0.25) is 0 Å². The summed E-state index contributed by atoms with van der Waals surface area (Å²) in [7, 11) is 0. The van der Waals surface area contributed by atoms with Gasteiger partial charge in [0.05, 0.1) is 0 Å². The van der Waals surface area contributed by atoms with Gasteiger partial charge in [0.25, 0.3) is 0 Å². The first-order valence-corrected chi connectivity index (χ1v) is 6.61. The van der Waals surface area contributed by atoms with E-state index in [9.17, 15) is 0 Å². The zero-order chi connectivity index (χ0) is 11.4. The number of nitrogens with two attached hydrogens (primary N) is 1. The van der Waals surface area contributed by atoms with E-state index in [4.69, 9.17) is 5.73 Å². The average Bonchev–Trinajstić information content (AvgIpc) is 2.73. The molecule has 0 amide bonds. The highest BCUT2D eigenvalue weighted by molar-refractivity contribution is 5.10. The van der Waals surface area contributed by atoms with Crippen LogP contribution in [0.2, 0.25) is 0 Å². The van der Waals surface area contributed by atoms with Gasteiger partial charge >= 0.3 is 0 Å². The lowest BCUT2D eigenvalue weighted by Crippen LogP contribution is -2.14. The van der Waals surface area contributed by atoms with Crippen molar-refractivity contribution in [2.75, 3.05) is 6.54 Å². The predicted molar refractivity (Wildman–Crippen MR) is 66.5 cm³/mol. The van der Waals surface area contributed by atoms with E-state index < -0.39 is 0 Å². The van der Waals surface area contributed by atoms with Crippen LogP contribution >= 0.6 is 0 Å². The Bertz CT molecular complexity index is 324. The predicted octanol–water partition coefficient (Wildman–Crippen LogP) is 2.45. The lowest BCUT2D eigenvalue weighted by atomic mass is 9.88. The molecule has 0 unspecified atom stereocenters. The fraction of sp³-hybridized carbons (Fsp3) is 0.769. The molecule has 0 spiro atoms. The minimum atomic E-state index is 0.695. The van der Waals surface area contributed by atoms with Crippen LogP contribution in [0.3, 0.4) is 0 Å². The lowest BCUT2D eigenvalue weighted by molar-refractivity contribution is 0.415. The third-order valence-corrected chi connectivity index (χ3v) is 3.66. The molecular weight excluding hydrogens is 198 g/mol. The summed E-state index contributed by atoms with van der Waals surface area (Å²) in [5.74, 6) is 2.01. The number of aromatic nitrogens is 2. The minimum absolute atomic E-state index is 0.695. The first kappa shape index (κ1) is 11.6. The van der Waals surface area contributed by atoms with Gasteiger partial charge < -0.3 is 10.3 Å². The van der Waals surface area contributed by atoms with Gasteiger partial charge in [-0.1, -0.05) is 19.3 Å². The Kier molecular flexibility index (Phi) is 3.99. The summed E-state index contributed by atoms with van der Waals surface area (Å²) >= 11 is 0. The van der Waals surface area contributed by atoms with E-state index in [1.807, 2.05) is 6.20 Å². The van der Waals surface area contributed by atoms with Crippen molar-refractivity contribution in [1.82, 2.24) is 9.55 Å². The minimum Gasteiger partial charge on any atom is -0.332 e. The van der Waals surface area contributed by atoms with Crippen molar-refractivity contribution in [3.05, 3.63) is 17.7 Å². The maximum atomic E-state index is 5.63. The van der Waals surface area contributed by atoms with Gasteiger partial charge in [-0.05, 0) is 26.3 Å². The first-order chi connectivity index (χ1) is 7.86. The standard InChI is InChI=1S/C13H23N3/c1-2-16-12(8-9-14)10-15-13(16)11-6-4-3-5-7-11/h10-11H,2-9,14H2,1H3. The van der Waals surface area contributed by atoms with Crippen molar-refractivity contribution in [2.45, 2.75) is 57.9 Å². The molecule has 3 nitrogen and oxygen atoms in total. The Morgan fingerprint density at radius 1 is 1.38 bits per heavy atom. The molecule has 0 saturated heterocycles. The van der Waals surface area contributed by atoms with E-state index in [1.54, 1.807) is 0 Å². The van der Waals surface area contributed by atoms with Gasteiger partial charge in [0.15, 0.2) is 0 Å². The summed E-state index contributed by atoms with van der Waals surface area (Å²) in [4.78, 5) is 4.64. The van der Waals surface area contributed by atoms with Gasteiger partial charge in [-0.15, -0.1) is 0 Å². The average molecular weight is 221 g/mol. The SMILES string of the molecule is CCn1c(CCN)cnc1C1CCCCC1. The molecule has 3 heteroatoms. The molecule has 1 aromatic rings. The maximum absolute atomic E-state index is 5.63. The van der Waals surface area contributed by atoms with Gasteiger partial charge in [0.1, 0.15) is 5.82 Å². The van der Waals surface area contributed by atoms with Crippen LogP contribution in [0.4, 0.5) is 0 Å². The third-order valence-electron chi connectivity index (χ3n) is 3.66. The molecular formula is C13H23N3. The van der Waals surface area contributed by atoms with Crippen LogP contribution in [0.5, 0.6) is 0 Å². The summed E-state index contributed by atoms with van der Waals surface area (Å²) in [5, 5.41) is 0. The molecule has 90 valence electrons. The van der Waals surface area contributed by atoms with Gasteiger partial charge in [0, 0.05) is 30.8 Å². The Morgan fingerprint density at radius 3 is 2.75 bits per heavy atom. The van der Waals surface area contributed by atoms with E-state index in [0.29, 0.717) is 5.92 Å². The lowest BCUT2D eigenvalue weighted by Gasteiger charge is -2.22. The molecule has 0 atom stereocenters. The van der Waals surface area contributed by atoms with Gasteiger partial charge in [-0.25, -0.2) is 4.98 Å². The van der Waals surface area contributed by atoms with Crippen molar-refractivity contribution < 1.29 is 0 Å². The summed E-state index contributed by atoms with van der Waals surface area (Å²) < 4.78 is 2.38. The second-order valence-electron chi connectivity index (χ2n) is 4.73. The number of imidazole rings is 1. The molecule has 0 radical (unpaired) electrons. The fourth-order valence-corrected chi connectivity index (χ4v) is 2.83. The highest BCUT2D eigenvalue weighted by Crippen LogP contribution is 2.32. The van der Waals surface area contributed by atoms with E-state index in [2.05, 4.69) is 16.5 Å². The molecule has 1 aliphatic rings. The summed E-state index contributed by atoms with van der Waals surface area (Å²) in [6.45, 7) is 3.95. The van der Waals surface area contributed by atoms with E-state index in [1.165, 1.54) is 43.6 Å². The van der Waals surface area contributed by atoms with Crippen molar-refractivity contribution in [1.29, 1.82) is 0 Å². The monoisotopic (exact) mass is 221 g/mol. The molecule has 2 rings (SSSR count). The van der Waals surface area contributed by atoms with Crippen LogP contribution in [0.1, 0.15) is 56.5 Å². The first-order valence-electron chi connectivity index (χ1n) is 6.61. The molecule has 1 heterocycles. The number of hydrogen-bond acceptors (Lipinski definition) is 2. The Labute approximate surface area is 98.1 Å². The van der Waals surface area contributed by atoms with Crippen molar-refractivity contribution >= 4 is 0 Å². The number of nitrogens with zero attached hydrogens (tertiary/aromatic N) is 2. The van der Waals surface area contributed by atoms with Crippen LogP contribution in [0.15, 0.2) is 6.20 Å². The summed E-state index contributed by atoms with van der Waals surface area (Å²) in [6.07, 6.45) is 9.76. The molecule has 0 aliphatic heterocycles. The highest BCUT2D eigenvalue weighted by atomic mass is 15.1. The maximum Gasteiger partial charge on any atom is 0.111 e. The third kappa shape index (κ3) is 2.29. The molecule has 1 fully saturated rings. The molecule has 0 aromatic carbocycles. The molecule has 16 heavy (non-hydrogen) atoms. The highest BCUT2D eigenvalue weighted by Gasteiger charge is 2.20. The molecule has 1 aromatic heterocycles. The van der Waals surface area contributed by atoms with E-state index in [0.717, 1.165) is 19.5 Å². The fourth-order valence-electron chi connectivity index (χ4n) is 2.83. The Hall–Kier alpha value is -0.830. The van der Waals surface area contributed by atoms with Gasteiger partial charge in [-0.2, -0.15) is 0 Å². The second-order valence-corrected chi connectivity index (χ2v) is 4.73. The molecule has 1 saturated carbocycles. The number of rotatable bonds is 4. The van der Waals surface area contributed by atoms with Crippen molar-refractivity contribution in [3.63, 3.8) is 0 Å². The van der Waals surface area contributed by atoms with E-state index in [-0.39, 0.29) is 0 Å².